The van der Waals surface area contributed by atoms with Crippen LogP contribution in [0.4, 0.5) is 0 Å². The zero-order chi connectivity index (χ0) is 7.49. The van der Waals surface area contributed by atoms with Gasteiger partial charge in [0, 0.05) is 12.1 Å². The zero-order valence-electron chi connectivity index (χ0n) is 6.94. The van der Waals surface area contributed by atoms with Crippen LogP contribution < -0.4 is 5.84 Å². The highest BCUT2D eigenvalue weighted by atomic mass is 15.4. The summed E-state index contributed by atoms with van der Waals surface area (Å²) in [5.41, 5.74) is 0.161. The molecule has 0 aromatic heterocycles. The monoisotopic (exact) mass is 130 g/mol. The van der Waals surface area contributed by atoms with Crippen molar-refractivity contribution in [2.24, 2.45) is 5.84 Å². The molecule has 0 aromatic carbocycles. The van der Waals surface area contributed by atoms with Crippen LogP contribution in [0.25, 0.3) is 0 Å². The van der Waals surface area contributed by atoms with Gasteiger partial charge in [0.15, 0.2) is 0 Å². The Balaban J connectivity index is 3.80. The SMILES string of the molecule is CCN(N)C(C)(C)CC. The third kappa shape index (κ3) is 2.33. The van der Waals surface area contributed by atoms with Crippen LogP contribution in [-0.2, 0) is 0 Å². The summed E-state index contributed by atoms with van der Waals surface area (Å²) in [4.78, 5) is 0. The number of hydrazine groups is 1. The van der Waals surface area contributed by atoms with Crippen LogP contribution >= 0.6 is 0 Å². The van der Waals surface area contributed by atoms with Crippen LogP contribution in [0, 0.1) is 0 Å². The molecule has 0 unspecified atom stereocenters. The molecular formula is C7H18N2. The minimum Gasteiger partial charge on any atom is -0.268 e. The molecule has 0 saturated heterocycles. The second-order valence-corrected chi connectivity index (χ2v) is 2.95. The van der Waals surface area contributed by atoms with Gasteiger partial charge in [-0.05, 0) is 20.3 Å². The lowest BCUT2D eigenvalue weighted by molar-refractivity contribution is 0.125. The topological polar surface area (TPSA) is 29.3 Å². The Morgan fingerprint density at radius 2 is 1.78 bits per heavy atom. The zero-order valence-corrected chi connectivity index (χ0v) is 6.94. The van der Waals surface area contributed by atoms with Gasteiger partial charge in [-0.1, -0.05) is 13.8 Å². The van der Waals surface area contributed by atoms with Gasteiger partial charge in [-0.3, -0.25) is 5.84 Å². The van der Waals surface area contributed by atoms with Crippen molar-refractivity contribution in [3.8, 4) is 0 Å². The molecule has 0 aliphatic heterocycles. The molecule has 2 heteroatoms. The number of hydrogen-bond acceptors (Lipinski definition) is 2. The van der Waals surface area contributed by atoms with Crippen LogP contribution in [0.2, 0.25) is 0 Å². The Labute approximate surface area is 58.0 Å². The van der Waals surface area contributed by atoms with E-state index in [1.165, 1.54) is 0 Å². The normalized spacial score (nSPS) is 12.7. The number of hydrogen-bond donors (Lipinski definition) is 1. The summed E-state index contributed by atoms with van der Waals surface area (Å²) in [6.07, 6.45) is 1.09. The van der Waals surface area contributed by atoms with Gasteiger partial charge in [-0.2, -0.15) is 0 Å². The molecule has 2 N–H and O–H groups in total. The number of rotatable bonds is 3. The minimum atomic E-state index is 0.161. The van der Waals surface area contributed by atoms with Crippen molar-refractivity contribution in [2.45, 2.75) is 39.7 Å². The largest absolute Gasteiger partial charge is 0.268 e. The average Bonchev–Trinajstić information content (AvgIpc) is 1.86. The van der Waals surface area contributed by atoms with E-state index in [2.05, 4.69) is 27.7 Å². The summed E-state index contributed by atoms with van der Waals surface area (Å²) in [5.74, 6) is 5.69. The molecule has 0 atom stereocenters. The highest BCUT2D eigenvalue weighted by Crippen LogP contribution is 2.13. The molecule has 0 aromatic rings. The van der Waals surface area contributed by atoms with E-state index < -0.39 is 0 Å². The van der Waals surface area contributed by atoms with E-state index in [-0.39, 0.29) is 5.54 Å². The lowest BCUT2D eigenvalue weighted by Gasteiger charge is -2.32. The van der Waals surface area contributed by atoms with Gasteiger partial charge >= 0.3 is 0 Å². The van der Waals surface area contributed by atoms with Crippen molar-refractivity contribution in [3.63, 3.8) is 0 Å². The van der Waals surface area contributed by atoms with E-state index in [1.54, 1.807) is 0 Å². The van der Waals surface area contributed by atoms with E-state index in [0.29, 0.717) is 0 Å². The molecule has 0 rings (SSSR count). The standard InChI is InChI=1S/C7H18N2/c1-5-7(3,4)9(8)6-2/h5-6,8H2,1-4H3. The summed E-state index contributed by atoms with van der Waals surface area (Å²) in [6.45, 7) is 9.43. The van der Waals surface area contributed by atoms with E-state index >= 15 is 0 Å². The van der Waals surface area contributed by atoms with Crippen molar-refractivity contribution in [1.82, 2.24) is 5.01 Å². The molecule has 0 saturated carbocycles. The van der Waals surface area contributed by atoms with Gasteiger partial charge in [0.25, 0.3) is 0 Å². The van der Waals surface area contributed by atoms with Gasteiger partial charge < -0.3 is 0 Å². The van der Waals surface area contributed by atoms with Crippen molar-refractivity contribution >= 4 is 0 Å². The second kappa shape index (κ2) is 3.18. The third-order valence-corrected chi connectivity index (χ3v) is 1.98. The van der Waals surface area contributed by atoms with Crippen molar-refractivity contribution < 1.29 is 0 Å². The Morgan fingerprint density at radius 3 is 1.89 bits per heavy atom. The molecule has 0 fully saturated rings. The fourth-order valence-corrected chi connectivity index (χ4v) is 0.631. The fourth-order valence-electron chi connectivity index (χ4n) is 0.631. The summed E-state index contributed by atoms with van der Waals surface area (Å²) in [7, 11) is 0. The Hall–Kier alpha value is -0.0800. The molecule has 0 spiro atoms. The summed E-state index contributed by atoms with van der Waals surface area (Å²) in [6, 6.07) is 0. The highest BCUT2D eigenvalue weighted by molar-refractivity contribution is 4.74. The highest BCUT2D eigenvalue weighted by Gasteiger charge is 2.19. The van der Waals surface area contributed by atoms with Gasteiger partial charge in [0.05, 0.1) is 0 Å². The summed E-state index contributed by atoms with van der Waals surface area (Å²) in [5, 5.41) is 1.87. The number of nitrogens with zero attached hydrogens (tertiary/aromatic N) is 1. The molecule has 0 radical (unpaired) electrons. The first-order valence-corrected chi connectivity index (χ1v) is 3.57. The predicted molar refractivity (Wildman–Crippen MR) is 40.9 cm³/mol. The third-order valence-electron chi connectivity index (χ3n) is 1.98. The van der Waals surface area contributed by atoms with E-state index in [1.807, 2.05) is 5.01 Å². The first kappa shape index (κ1) is 8.92. The molecular weight excluding hydrogens is 112 g/mol. The van der Waals surface area contributed by atoms with Crippen LogP contribution in [-0.4, -0.2) is 17.1 Å². The molecule has 0 amide bonds. The van der Waals surface area contributed by atoms with Crippen molar-refractivity contribution in [2.75, 3.05) is 6.54 Å². The van der Waals surface area contributed by atoms with Crippen molar-refractivity contribution in [3.05, 3.63) is 0 Å². The summed E-state index contributed by atoms with van der Waals surface area (Å²) < 4.78 is 0. The van der Waals surface area contributed by atoms with E-state index in [0.717, 1.165) is 13.0 Å². The Morgan fingerprint density at radius 1 is 1.33 bits per heavy atom. The summed E-state index contributed by atoms with van der Waals surface area (Å²) >= 11 is 0. The van der Waals surface area contributed by atoms with Crippen LogP contribution in [0.5, 0.6) is 0 Å². The van der Waals surface area contributed by atoms with Gasteiger partial charge in [-0.25, -0.2) is 5.01 Å². The van der Waals surface area contributed by atoms with Crippen LogP contribution in [0.3, 0.4) is 0 Å². The quantitative estimate of drug-likeness (QED) is 0.462. The molecule has 56 valence electrons. The fraction of sp³-hybridized carbons (Fsp3) is 1.00. The molecule has 2 nitrogen and oxygen atoms in total. The van der Waals surface area contributed by atoms with Gasteiger partial charge in [0.1, 0.15) is 0 Å². The Bertz CT molecular complexity index is 79.0. The second-order valence-electron chi connectivity index (χ2n) is 2.95. The molecule has 9 heavy (non-hydrogen) atoms. The first-order chi connectivity index (χ1) is 4.04. The molecule has 0 bridgehead atoms. The smallest absolute Gasteiger partial charge is 0.0292 e. The first-order valence-electron chi connectivity index (χ1n) is 3.57. The Kier molecular flexibility index (Phi) is 3.15. The van der Waals surface area contributed by atoms with Crippen molar-refractivity contribution in [1.29, 1.82) is 0 Å². The van der Waals surface area contributed by atoms with Crippen LogP contribution in [0.15, 0.2) is 0 Å². The maximum Gasteiger partial charge on any atom is 0.0292 e. The number of nitrogens with two attached hydrogens (primary N) is 1. The molecule has 0 heterocycles. The lowest BCUT2D eigenvalue weighted by atomic mass is 10.0. The van der Waals surface area contributed by atoms with E-state index in [4.69, 9.17) is 5.84 Å². The van der Waals surface area contributed by atoms with E-state index in [9.17, 15) is 0 Å². The lowest BCUT2D eigenvalue weighted by Crippen LogP contribution is -2.48. The van der Waals surface area contributed by atoms with Gasteiger partial charge in [0.2, 0.25) is 0 Å². The van der Waals surface area contributed by atoms with Gasteiger partial charge in [-0.15, -0.1) is 0 Å². The van der Waals surface area contributed by atoms with Crippen LogP contribution in [0.1, 0.15) is 34.1 Å². The maximum atomic E-state index is 5.69. The minimum absolute atomic E-state index is 0.161. The molecule has 0 aliphatic rings. The maximum absolute atomic E-state index is 5.69. The molecule has 0 aliphatic carbocycles. The predicted octanol–water partition coefficient (Wildman–Crippen LogP) is 1.37. The average molecular weight is 130 g/mol.